The van der Waals surface area contributed by atoms with Crippen molar-refractivity contribution in [3.8, 4) is 0 Å². The molecule has 0 aromatic rings. The van der Waals surface area contributed by atoms with Crippen LogP contribution in [0, 0.1) is 0 Å². The predicted molar refractivity (Wildman–Crippen MR) is 71.1 cm³/mol. The van der Waals surface area contributed by atoms with Crippen molar-refractivity contribution < 1.29 is 19.4 Å². The third-order valence-electron chi connectivity index (χ3n) is 3.35. The summed E-state index contributed by atoms with van der Waals surface area (Å²) in [6.45, 7) is 7.17. The topological polar surface area (TPSA) is 70.1 Å². The molecule has 19 heavy (non-hydrogen) atoms. The van der Waals surface area contributed by atoms with Crippen LogP contribution >= 0.6 is 0 Å². The van der Waals surface area contributed by atoms with E-state index in [9.17, 15) is 9.59 Å². The Bertz CT molecular complexity index is 332. The summed E-state index contributed by atoms with van der Waals surface area (Å²) in [5, 5.41) is 8.79. The van der Waals surface area contributed by atoms with Crippen LogP contribution in [0.4, 0.5) is 4.79 Å². The number of carbonyl (C=O) groups is 2. The van der Waals surface area contributed by atoms with Crippen LogP contribution in [-0.2, 0) is 9.53 Å². The van der Waals surface area contributed by atoms with Gasteiger partial charge in [0.15, 0.2) is 0 Å². The zero-order chi connectivity index (χ0) is 14.6. The number of carboxylic acid groups (broad SMARTS) is 1. The molecule has 110 valence electrons. The van der Waals surface area contributed by atoms with Crippen LogP contribution in [0.15, 0.2) is 0 Å². The molecule has 1 aliphatic rings. The molecule has 1 fully saturated rings. The quantitative estimate of drug-likeness (QED) is 0.840. The Morgan fingerprint density at radius 2 is 2.00 bits per heavy atom. The number of amides is 2. The van der Waals surface area contributed by atoms with Crippen molar-refractivity contribution >= 4 is 12.0 Å². The van der Waals surface area contributed by atoms with E-state index in [1.165, 1.54) is 0 Å². The van der Waals surface area contributed by atoms with Crippen LogP contribution in [0.5, 0.6) is 0 Å². The van der Waals surface area contributed by atoms with Gasteiger partial charge < -0.3 is 19.6 Å². The fourth-order valence-electron chi connectivity index (χ4n) is 2.10. The van der Waals surface area contributed by atoms with Gasteiger partial charge in [0.25, 0.3) is 0 Å². The van der Waals surface area contributed by atoms with Crippen molar-refractivity contribution in [2.45, 2.75) is 45.2 Å². The van der Waals surface area contributed by atoms with Gasteiger partial charge in [0.05, 0.1) is 19.1 Å². The highest BCUT2D eigenvalue weighted by molar-refractivity contribution is 5.76. The van der Waals surface area contributed by atoms with Gasteiger partial charge in [-0.05, 0) is 27.2 Å². The van der Waals surface area contributed by atoms with Gasteiger partial charge in [0, 0.05) is 25.7 Å². The van der Waals surface area contributed by atoms with Gasteiger partial charge in [-0.15, -0.1) is 0 Å². The molecular weight excluding hydrogens is 248 g/mol. The van der Waals surface area contributed by atoms with Gasteiger partial charge in [0.1, 0.15) is 0 Å². The first kappa shape index (κ1) is 15.8. The molecule has 1 saturated heterocycles. The van der Waals surface area contributed by atoms with Crippen LogP contribution in [0.3, 0.4) is 0 Å². The molecule has 0 spiro atoms. The lowest BCUT2D eigenvalue weighted by Gasteiger charge is -2.39. The lowest BCUT2D eigenvalue weighted by atomic mass is 10.1. The maximum Gasteiger partial charge on any atom is 0.320 e. The van der Waals surface area contributed by atoms with Gasteiger partial charge in [-0.2, -0.15) is 0 Å². The highest BCUT2D eigenvalue weighted by Crippen LogP contribution is 2.19. The molecule has 0 aromatic carbocycles. The van der Waals surface area contributed by atoms with E-state index in [0.717, 1.165) is 6.42 Å². The van der Waals surface area contributed by atoms with E-state index < -0.39 is 11.5 Å². The van der Waals surface area contributed by atoms with Gasteiger partial charge in [0.2, 0.25) is 0 Å². The number of nitrogens with zero attached hydrogens (tertiary/aromatic N) is 2. The average Bonchev–Trinajstić information content (AvgIpc) is 2.78. The predicted octanol–water partition coefficient (Wildman–Crippen LogP) is 1.40. The standard InChI is InChI=1S/C13H24N2O4/c1-13(2,3)15(7-5-11(16)17)12(18)14(4)10-6-8-19-9-10/h10H,5-9H2,1-4H3,(H,16,17). The number of rotatable bonds is 4. The number of carbonyl (C=O) groups excluding carboxylic acids is 1. The fourth-order valence-corrected chi connectivity index (χ4v) is 2.10. The van der Waals surface area contributed by atoms with Crippen molar-refractivity contribution in [2.24, 2.45) is 0 Å². The Morgan fingerprint density at radius 1 is 1.37 bits per heavy atom. The summed E-state index contributed by atoms with van der Waals surface area (Å²) < 4.78 is 5.29. The van der Waals surface area contributed by atoms with E-state index in [4.69, 9.17) is 9.84 Å². The Morgan fingerprint density at radius 3 is 2.42 bits per heavy atom. The third kappa shape index (κ3) is 4.38. The molecule has 0 bridgehead atoms. The molecule has 0 aliphatic carbocycles. The highest BCUT2D eigenvalue weighted by Gasteiger charge is 2.33. The molecule has 0 aromatic heterocycles. The van der Waals surface area contributed by atoms with E-state index in [0.29, 0.717) is 13.2 Å². The third-order valence-corrected chi connectivity index (χ3v) is 3.35. The monoisotopic (exact) mass is 272 g/mol. The van der Waals surface area contributed by atoms with E-state index in [1.807, 2.05) is 20.8 Å². The van der Waals surface area contributed by atoms with Crippen LogP contribution < -0.4 is 0 Å². The molecule has 1 N–H and O–H groups in total. The molecule has 1 atom stereocenters. The van der Waals surface area contributed by atoms with Crippen LogP contribution in [0.25, 0.3) is 0 Å². The number of urea groups is 1. The van der Waals surface area contributed by atoms with E-state index >= 15 is 0 Å². The summed E-state index contributed by atoms with van der Waals surface area (Å²) in [4.78, 5) is 26.5. The van der Waals surface area contributed by atoms with Crippen molar-refractivity contribution in [3.63, 3.8) is 0 Å². The first-order valence-electron chi connectivity index (χ1n) is 6.57. The molecule has 1 aliphatic heterocycles. The maximum atomic E-state index is 12.5. The molecule has 1 rings (SSSR count). The Hall–Kier alpha value is -1.30. The molecule has 1 unspecified atom stereocenters. The van der Waals surface area contributed by atoms with Crippen LogP contribution in [0.2, 0.25) is 0 Å². The number of ether oxygens (including phenoxy) is 1. The van der Waals surface area contributed by atoms with Crippen LogP contribution in [0.1, 0.15) is 33.6 Å². The Balaban J connectivity index is 2.72. The summed E-state index contributed by atoms with van der Waals surface area (Å²) in [6, 6.07) is -0.0496. The zero-order valence-electron chi connectivity index (χ0n) is 12.2. The van der Waals surface area contributed by atoms with Crippen molar-refractivity contribution in [1.29, 1.82) is 0 Å². The van der Waals surface area contributed by atoms with Crippen LogP contribution in [-0.4, -0.2) is 65.3 Å². The first-order valence-corrected chi connectivity index (χ1v) is 6.57. The minimum atomic E-state index is -0.895. The van der Waals surface area contributed by atoms with Crippen molar-refractivity contribution in [1.82, 2.24) is 9.80 Å². The highest BCUT2D eigenvalue weighted by atomic mass is 16.5. The van der Waals surface area contributed by atoms with E-state index in [2.05, 4.69) is 0 Å². The second kappa shape index (κ2) is 6.23. The largest absolute Gasteiger partial charge is 0.481 e. The summed E-state index contributed by atoms with van der Waals surface area (Å²) in [5.41, 5.74) is -0.403. The van der Waals surface area contributed by atoms with Gasteiger partial charge in [-0.3, -0.25) is 4.79 Å². The molecule has 6 nitrogen and oxygen atoms in total. The fraction of sp³-hybridized carbons (Fsp3) is 0.846. The number of carboxylic acids is 1. The average molecular weight is 272 g/mol. The summed E-state index contributed by atoms with van der Waals surface area (Å²) in [6.07, 6.45) is 0.789. The second-order valence-electron chi connectivity index (χ2n) is 5.88. The van der Waals surface area contributed by atoms with Crippen molar-refractivity contribution in [3.05, 3.63) is 0 Å². The molecular formula is C13H24N2O4. The minimum Gasteiger partial charge on any atom is -0.481 e. The maximum absolute atomic E-state index is 12.5. The summed E-state index contributed by atoms with van der Waals surface area (Å²) >= 11 is 0. The minimum absolute atomic E-state index is 0.0436. The van der Waals surface area contributed by atoms with E-state index in [-0.39, 0.29) is 25.0 Å². The van der Waals surface area contributed by atoms with E-state index in [1.54, 1.807) is 16.8 Å². The van der Waals surface area contributed by atoms with Gasteiger partial charge >= 0.3 is 12.0 Å². The smallest absolute Gasteiger partial charge is 0.320 e. The second-order valence-corrected chi connectivity index (χ2v) is 5.88. The Labute approximate surface area is 114 Å². The Kier molecular flexibility index (Phi) is 5.17. The molecule has 0 radical (unpaired) electrons. The number of hydrogen-bond donors (Lipinski definition) is 1. The van der Waals surface area contributed by atoms with Gasteiger partial charge in [-0.25, -0.2) is 4.79 Å². The molecule has 6 heteroatoms. The number of likely N-dealkylation sites (N-methyl/N-ethyl adjacent to an activating group) is 1. The van der Waals surface area contributed by atoms with Crippen molar-refractivity contribution in [2.75, 3.05) is 26.8 Å². The normalized spacial score (nSPS) is 19.3. The number of aliphatic carboxylic acids is 1. The molecule has 1 heterocycles. The summed E-state index contributed by atoms with van der Waals surface area (Å²) in [5.74, 6) is -0.895. The molecule has 0 saturated carbocycles. The van der Waals surface area contributed by atoms with Gasteiger partial charge in [-0.1, -0.05) is 0 Å². The lowest BCUT2D eigenvalue weighted by Crippen LogP contribution is -2.54. The summed E-state index contributed by atoms with van der Waals surface area (Å²) in [7, 11) is 1.75. The number of hydrogen-bond acceptors (Lipinski definition) is 3. The first-order chi connectivity index (χ1) is 8.73. The molecule has 2 amide bonds. The zero-order valence-corrected chi connectivity index (χ0v) is 12.2. The lowest BCUT2D eigenvalue weighted by molar-refractivity contribution is -0.137. The SMILES string of the molecule is CN(C(=O)N(CCC(=O)O)C(C)(C)C)C1CCOC1.